The van der Waals surface area contributed by atoms with Gasteiger partial charge in [-0.05, 0) is 35.7 Å². The highest BCUT2D eigenvalue weighted by Crippen LogP contribution is 2.30. The van der Waals surface area contributed by atoms with Gasteiger partial charge in [-0.15, -0.1) is 10.2 Å². The van der Waals surface area contributed by atoms with Gasteiger partial charge in [-0.1, -0.05) is 60.7 Å². The predicted octanol–water partition coefficient (Wildman–Crippen LogP) is 4.91. The van der Waals surface area contributed by atoms with Gasteiger partial charge in [-0.3, -0.25) is 9.78 Å². The van der Waals surface area contributed by atoms with Crippen LogP contribution in [0.3, 0.4) is 0 Å². The van der Waals surface area contributed by atoms with Crippen LogP contribution in [0.25, 0.3) is 10.9 Å². The number of aromatic amines is 1. The Labute approximate surface area is 237 Å². The Bertz CT molecular complexity index is 1750. The monoisotopic (exact) mass is 543 g/mol. The molecule has 9 nitrogen and oxygen atoms in total. The van der Waals surface area contributed by atoms with Crippen molar-refractivity contribution in [3.05, 3.63) is 138 Å². The maximum Gasteiger partial charge on any atom is 0.272 e. The molecule has 0 fully saturated rings. The molecule has 0 aliphatic carbocycles. The Morgan fingerprint density at radius 3 is 2.51 bits per heavy atom. The number of aryl methyl sites for hydroxylation is 2. The molecule has 0 bridgehead atoms. The zero-order valence-corrected chi connectivity index (χ0v) is 22.6. The fraction of sp³-hybridized carbons (Fsp3) is 0.156. The van der Waals surface area contributed by atoms with Crippen molar-refractivity contribution in [3.8, 4) is 5.75 Å². The number of ether oxygens (including phenoxy) is 1. The Hall–Kier alpha value is -5.31. The smallest absolute Gasteiger partial charge is 0.272 e. The molecule has 6 aromatic rings. The van der Waals surface area contributed by atoms with Gasteiger partial charge in [0.15, 0.2) is 5.82 Å². The highest BCUT2D eigenvalue weighted by atomic mass is 16.5. The van der Waals surface area contributed by atoms with Gasteiger partial charge in [0.1, 0.15) is 23.3 Å². The Kier molecular flexibility index (Phi) is 7.49. The highest BCUT2D eigenvalue weighted by molar-refractivity contribution is 5.93. The standard InChI is InChI=1S/C32H29N7O2/c1-41-24-14-11-23(12-15-24)21-39-29(16-13-22-7-3-2-4-8-22)37-38-31(39)30(36-32(40)28-20-33-17-18-34-28)26-19-35-27-10-6-5-9-25(26)27/h2-12,14-15,17-20,30,35H,13,16,21H2,1H3,(H,36,40)/t30-/m1/s1. The van der Waals surface area contributed by atoms with Crippen LogP contribution in [0.5, 0.6) is 5.75 Å². The summed E-state index contributed by atoms with van der Waals surface area (Å²) in [5, 5.41) is 13.5. The summed E-state index contributed by atoms with van der Waals surface area (Å²) in [5.41, 5.74) is 4.35. The second kappa shape index (κ2) is 11.8. The molecule has 1 atom stereocenters. The zero-order chi connectivity index (χ0) is 28.0. The third-order valence-electron chi connectivity index (χ3n) is 7.10. The maximum absolute atomic E-state index is 13.4. The third kappa shape index (κ3) is 5.69. The van der Waals surface area contributed by atoms with E-state index < -0.39 is 6.04 Å². The van der Waals surface area contributed by atoms with E-state index in [1.165, 1.54) is 18.0 Å². The second-order valence-corrected chi connectivity index (χ2v) is 9.68. The van der Waals surface area contributed by atoms with E-state index in [0.29, 0.717) is 18.8 Å². The predicted molar refractivity (Wildman–Crippen MR) is 156 cm³/mol. The number of nitrogens with one attached hydrogen (secondary N) is 2. The molecule has 0 aliphatic heterocycles. The molecule has 0 saturated carbocycles. The lowest BCUT2D eigenvalue weighted by atomic mass is 10.0. The number of hydrogen-bond donors (Lipinski definition) is 2. The van der Waals surface area contributed by atoms with Crippen molar-refractivity contribution in [1.82, 2.24) is 35.0 Å². The lowest BCUT2D eigenvalue weighted by molar-refractivity contribution is 0.0935. The van der Waals surface area contributed by atoms with Crippen LogP contribution in [0.4, 0.5) is 0 Å². The topological polar surface area (TPSA) is 111 Å². The minimum absolute atomic E-state index is 0.225. The first kappa shape index (κ1) is 25.9. The van der Waals surface area contributed by atoms with E-state index in [1.54, 1.807) is 13.3 Å². The molecule has 0 unspecified atom stereocenters. The molecule has 0 aliphatic rings. The number of benzene rings is 3. The number of aromatic nitrogens is 6. The number of hydrogen-bond acceptors (Lipinski definition) is 6. The Balaban J connectivity index is 1.43. The van der Waals surface area contributed by atoms with E-state index >= 15 is 0 Å². The van der Waals surface area contributed by atoms with Gasteiger partial charge in [0, 0.05) is 41.5 Å². The molecular weight excluding hydrogens is 514 g/mol. The molecule has 204 valence electrons. The van der Waals surface area contributed by atoms with E-state index in [9.17, 15) is 4.79 Å². The van der Waals surface area contributed by atoms with E-state index in [-0.39, 0.29) is 11.6 Å². The van der Waals surface area contributed by atoms with Crippen LogP contribution in [0, 0.1) is 0 Å². The van der Waals surface area contributed by atoms with Gasteiger partial charge in [0.2, 0.25) is 0 Å². The van der Waals surface area contributed by atoms with E-state index in [0.717, 1.165) is 40.0 Å². The summed E-state index contributed by atoms with van der Waals surface area (Å²) in [5.74, 6) is 1.90. The van der Waals surface area contributed by atoms with Crippen molar-refractivity contribution in [3.63, 3.8) is 0 Å². The van der Waals surface area contributed by atoms with Gasteiger partial charge in [-0.25, -0.2) is 4.98 Å². The van der Waals surface area contributed by atoms with Crippen molar-refractivity contribution in [1.29, 1.82) is 0 Å². The van der Waals surface area contributed by atoms with Crippen molar-refractivity contribution >= 4 is 16.8 Å². The minimum atomic E-state index is -0.600. The van der Waals surface area contributed by atoms with Crippen molar-refractivity contribution in [2.75, 3.05) is 7.11 Å². The molecule has 1 amide bonds. The molecule has 0 radical (unpaired) electrons. The summed E-state index contributed by atoms with van der Waals surface area (Å²) in [4.78, 5) is 25.0. The SMILES string of the molecule is COc1ccc(Cn2c(CCc3ccccc3)nnc2[C@H](NC(=O)c2cnccn2)c2c[nH]c3ccccc23)cc1. The number of amides is 1. The minimum Gasteiger partial charge on any atom is -0.497 e. The first-order valence-corrected chi connectivity index (χ1v) is 13.4. The van der Waals surface area contributed by atoms with Crippen LogP contribution in [-0.4, -0.2) is 42.7 Å². The number of methoxy groups -OCH3 is 1. The van der Waals surface area contributed by atoms with Crippen molar-refractivity contribution in [2.45, 2.75) is 25.4 Å². The van der Waals surface area contributed by atoms with Crippen LogP contribution in [0.1, 0.15) is 44.9 Å². The van der Waals surface area contributed by atoms with Crippen LogP contribution in [0.15, 0.2) is 104 Å². The molecule has 3 aromatic heterocycles. The highest BCUT2D eigenvalue weighted by Gasteiger charge is 2.28. The molecule has 0 spiro atoms. The number of nitrogens with zero attached hydrogens (tertiary/aromatic N) is 5. The molecule has 0 saturated heterocycles. The summed E-state index contributed by atoms with van der Waals surface area (Å²) < 4.78 is 7.47. The number of carbonyl (C=O) groups excluding carboxylic acids is 1. The van der Waals surface area contributed by atoms with Crippen LogP contribution in [0.2, 0.25) is 0 Å². The molecule has 3 heterocycles. The summed E-state index contributed by atoms with van der Waals surface area (Å²) in [6, 6.07) is 25.7. The van der Waals surface area contributed by atoms with Crippen LogP contribution >= 0.6 is 0 Å². The molecule has 2 N–H and O–H groups in total. The number of fused-ring (bicyclic) bond motifs is 1. The number of rotatable bonds is 10. The van der Waals surface area contributed by atoms with Gasteiger partial charge in [-0.2, -0.15) is 0 Å². The Morgan fingerprint density at radius 2 is 1.73 bits per heavy atom. The largest absolute Gasteiger partial charge is 0.497 e. The summed E-state index contributed by atoms with van der Waals surface area (Å²) >= 11 is 0. The molecule has 41 heavy (non-hydrogen) atoms. The van der Waals surface area contributed by atoms with Crippen molar-refractivity contribution < 1.29 is 9.53 Å². The number of para-hydroxylation sites is 1. The average molecular weight is 544 g/mol. The van der Waals surface area contributed by atoms with Crippen LogP contribution in [-0.2, 0) is 19.4 Å². The first-order chi connectivity index (χ1) is 20.2. The van der Waals surface area contributed by atoms with Gasteiger partial charge >= 0.3 is 0 Å². The number of carbonyl (C=O) groups is 1. The maximum atomic E-state index is 13.4. The fourth-order valence-electron chi connectivity index (χ4n) is 4.97. The summed E-state index contributed by atoms with van der Waals surface area (Å²) in [6.07, 6.45) is 7.91. The van der Waals surface area contributed by atoms with E-state index in [4.69, 9.17) is 9.84 Å². The van der Waals surface area contributed by atoms with Gasteiger partial charge in [0.25, 0.3) is 5.91 Å². The summed E-state index contributed by atoms with van der Waals surface area (Å²) in [7, 11) is 1.65. The molecule has 3 aromatic carbocycles. The molecular formula is C32H29N7O2. The second-order valence-electron chi connectivity index (χ2n) is 9.68. The van der Waals surface area contributed by atoms with Gasteiger partial charge < -0.3 is 19.6 Å². The zero-order valence-electron chi connectivity index (χ0n) is 22.6. The van der Waals surface area contributed by atoms with E-state index in [2.05, 4.69) is 42.1 Å². The summed E-state index contributed by atoms with van der Waals surface area (Å²) in [6.45, 7) is 0.524. The first-order valence-electron chi connectivity index (χ1n) is 13.4. The molecule has 6 rings (SSSR count). The number of H-pyrrole nitrogens is 1. The van der Waals surface area contributed by atoms with Gasteiger partial charge in [0.05, 0.1) is 19.9 Å². The van der Waals surface area contributed by atoms with E-state index in [1.807, 2.05) is 72.9 Å². The van der Waals surface area contributed by atoms with Crippen LogP contribution < -0.4 is 10.1 Å². The lowest BCUT2D eigenvalue weighted by Crippen LogP contribution is -2.32. The fourth-order valence-corrected chi connectivity index (χ4v) is 4.97. The Morgan fingerprint density at radius 1 is 0.927 bits per heavy atom. The average Bonchev–Trinajstić information content (AvgIpc) is 3.64. The normalized spacial score (nSPS) is 11.8. The lowest BCUT2D eigenvalue weighted by Gasteiger charge is -2.20. The third-order valence-corrected chi connectivity index (χ3v) is 7.10. The quantitative estimate of drug-likeness (QED) is 0.254. The van der Waals surface area contributed by atoms with Crippen molar-refractivity contribution in [2.24, 2.45) is 0 Å². The molecule has 9 heteroatoms.